The molecule has 4 fully saturated rings. The molecule has 1 amide bonds. The monoisotopic (exact) mass is 850 g/mol. The number of nitrogens with zero attached hydrogens (tertiary/aromatic N) is 6. The van der Waals surface area contributed by atoms with Gasteiger partial charge in [0.1, 0.15) is 43.1 Å². The van der Waals surface area contributed by atoms with E-state index in [1.54, 1.807) is 13.3 Å². The summed E-state index contributed by atoms with van der Waals surface area (Å²) < 4.78 is 41.4. The fraction of sp³-hybridized carbons (Fsp3) is 0.583. The summed E-state index contributed by atoms with van der Waals surface area (Å²) in [6.45, 7) is 23.1. The van der Waals surface area contributed by atoms with Gasteiger partial charge in [-0.2, -0.15) is 9.97 Å². The highest BCUT2D eigenvalue weighted by atomic mass is 28.3. The maximum Gasteiger partial charge on any atom is 0.410 e. The zero-order valence-corrected chi connectivity index (χ0v) is 38.7. The third kappa shape index (κ3) is 7.93. The lowest BCUT2D eigenvalue weighted by molar-refractivity contribution is 0.0214. The lowest BCUT2D eigenvalue weighted by Crippen LogP contribution is -2.50. The number of likely N-dealkylation sites (tertiary alicyclic amines) is 1. The normalized spacial score (nSPS) is 20.0. The van der Waals surface area contributed by atoms with E-state index in [9.17, 15) is 4.79 Å². The molecule has 0 N–H and O–H groups in total. The van der Waals surface area contributed by atoms with Crippen LogP contribution in [0.5, 0.6) is 11.8 Å². The molecule has 0 spiro atoms. The number of carbonyl (C=O) groups is 1. The maximum atomic E-state index is 17.8. The molecule has 6 heterocycles. The molecular formula is C48H63FN6O5Si. The Morgan fingerprint density at radius 3 is 2.34 bits per heavy atom. The van der Waals surface area contributed by atoms with Crippen LogP contribution >= 0.6 is 0 Å². The molecule has 8 rings (SSSR count). The standard InChI is InChI=1S/C48H63FN6O5Si/c1-30(2)61(31(3)4,32(5)6)21-16-33-14-11-15-34-22-37(59-29-57-10)24-38(40(33)34)42-41(49)43-39(25-50-42)44(52-45(51-43)58-28-48-17-12-19-53(48)20-13-18-48)54-26-36-23-35(54)27-55(36)46(56)60-47(7,8)9/h11,14-15,22,24-25,30-32,35-36H,12-13,17-20,23,26-29H2,1-10H3/t35-,36-/m0/s1. The van der Waals surface area contributed by atoms with Crippen LogP contribution < -0.4 is 14.4 Å². The summed E-state index contributed by atoms with van der Waals surface area (Å²) in [5.74, 6) is 4.18. The second-order valence-electron chi connectivity index (χ2n) is 19.6. The van der Waals surface area contributed by atoms with Gasteiger partial charge in [0.05, 0.1) is 23.0 Å². The van der Waals surface area contributed by atoms with E-state index < -0.39 is 19.5 Å². The lowest BCUT2D eigenvalue weighted by atomic mass is 9.95. The Morgan fingerprint density at radius 2 is 1.70 bits per heavy atom. The van der Waals surface area contributed by atoms with Crippen LogP contribution in [0.1, 0.15) is 100.0 Å². The molecule has 4 aromatic rings. The minimum absolute atomic E-state index is 0.0307. The molecule has 61 heavy (non-hydrogen) atoms. The SMILES string of the molecule is COCOc1cc(-c2ncc3c(N4C[C@@H]5C[C@H]4CN5C(=O)OC(C)(C)C)nc(OCC45CCCN4CCC5)nc3c2F)c2c(C#C[Si](C(C)C)(C(C)C)C(C)C)cccc2c1. The van der Waals surface area contributed by atoms with Crippen LogP contribution in [-0.4, -0.2) is 109 Å². The Morgan fingerprint density at radius 1 is 0.984 bits per heavy atom. The van der Waals surface area contributed by atoms with Crippen molar-refractivity contribution in [2.75, 3.05) is 51.6 Å². The van der Waals surface area contributed by atoms with E-state index in [0.29, 0.717) is 58.8 Å². The Kier molecular flexibility index (Phi) is 11.8. The maximum absolute atomic E-state index is 17.8. The van der Waals surface area contributed by atoms with Gasteiger partial charge in [0.2, 0.25) is 0 Å². The molecule has 0 aliphatic carbocycles. The van der Waals surface area contributed by atoms with E-state index >= 15 is 4.39 Å². The molecule has 0 saturated carbocycles. The number of benzene rings is 2. The molecule has 2 aromatic carbocycles. The Hall–Kier alpha value is -4.51. The third-order valence-corrected chi connectivity index (χ3v) is 20.2. The summed E-state index contributed by atoms with van der Waals surface area (Å²) in [7, 11) is -0.536. The fourth-order valence-corrected chi connectivity index (χ4v) is 16.4. The summed E-state index contributed by atoms with van der Waals surface area (Å²) in [6, 6.07) is 9.84. The van der Waals surface area contributed by atoms with Crippen molar-refractivity contribution in [1.29, 1.82) is 0 Å². The quantitative estimate of drug-likeness (QED) is 0.0824. The van der Waals surface area contributed by atoms with E-state index in [-0.39, 0.29) is 47.7 Å². The fourth-order valence-electron chi connectivity index (χ4n) is 11.1. The average molecular weight is 851 g/mol. The van der Waals surface area contributed by atoms with E-state index in [4.69, 9.17) is 33.9 Å². The number of hydrogen-bond acceptors (Lipinski definition) is 10. The molecule has 11 nitrogen and oxygen atoms in total. The number of hydrogen-bond donors (Lipinski definition) is 0. The number of fused-ring (bicyclic) bond motifs is 5. The highest BCUT2D eigenvalue weighted by Crippen LogP contribution is 2.44. The van der Waals surface area contributed by atoms with Gasteiger partial charge in [0, 0.05) is 42.9 Å². The summed E-state index contributed by atoms with van der Waals surface area (Å²) in [6.07, 6.45) is 6.50. The van der Waals surface area contributed by atoms with Crippen molar-refractivity contribution in [3.8, 4) is 34.5 Å². The van der Waals surface area contributed by atoms with Crippen molar-refractivity contribution in [1.82, 2.24) is 24.8 Å². The van der Waals surface area contributed by atoms with E-state index in [1.807, 2.05) is 56.0 Å². The Bertz CT molecular complexity index is 2340. The van der Waals surface area contributed by atoms with Crippen molar-refractivity contribution in [3.63, 3.8) is 0 Å². The Balaban J connectivity index is 1.26. The van der Waals surface area contributed by atoms with Crippen LogP contribution in [0.4, 0.5) is 15.0 Å². The summed E-state index contributed by atoms with van der Waals surface area (Å²) in [5, 5.41) is 2.15. The molecule has 4 aliphatic rings. The number of amides is 1. The Labute approximate surface area is 361 Å². The van der Waals surface area contributed by atoms with Gasteiger partial charge in [0.15, 0.2) is 12.6 Å². The number of rotatable bonds is 11. The number of piperazine rings is 1. The molecule has 4 saturated heterocycles. The van der Waals surface area contributed by atoms with Crippen LogP contribution in [0, 0.1) is 17.3 Å². The highest BCUT2D eigenvalue weighted by Gasteiger charge is 2.49. The molecular weight excluding hydrogens is 788 g/mol. The van der Waals surface area contributed by atoms with E-state index in [2.05, 4.69) is 62.8 Å². The highest BCUT2D eigenvalue weighted by molar-refractivity contribution is 6.90. The van der Waals surface area contributed by atoms with Gasteiger partial charge in [-0.1, -0.05) is 59.6 Å². The van der Waals surface area contributed by atoms with Crippen LogP contribution in [0.15, 0.2) is 36.5 Å². The molecule has 2 aromatic heterocycles. The number of methoxy groups -OCH3 is 1. The van der Waals surface area contributed by atoms with Crippen molar-refractivity contribution >= 4 is 41.7 Å². The summed E-state index contributed by atoms with van der Waals surface area (Å²) in [4.78, 5) is 34.5. The summed E-state index contributed by atoms with van der Waals surface area (Å²) >= 11 is 0. The number of halogens is 1. The van der Waals surface area contributed by atoms with Crippen LogP contribution in [-0.2, 0) is 9.47 Å². The minimum atomic E-state index is -2.11. The number of aromatic nitrogens is 3. The smallest absolute Gasteiger partial charge is 0.410 e. The van der Waals surface area contributed by atoms with Crippen LogP contribution in [0.25, 0.3) is 32.9 Å². The lowest BCUT2D eigenvalue weighted by Gasteiger charge is -2.38. The number of carbonyl (C=O) groups excluding carboxylic acids is 1. The third-order valence-electron chi connectivity index (χ3n) is 13.9. The van der Waals surface area contributed by atoms with Crippen LogP contribution in [0.2, 0.25) is 16.6 Å². The van der Waals surface area contributed by atoms with Gasteiger partial charge >= 0.3 is 12.1 Å². The zero-order valence-electron chi connectivity index (χ0n) is 37.7. The second-order valence-corrected chi connectivity index (χ2v) is 25.2. The molecule has 4 aliphatic heterocycles. The molecule has 2 bridgehead atoms. The van der Waals surface area contributed by atoms with Crippen molar-refractivity contribution in [3.05, 3.63) is 47.9 Å². The number of pyridine rings is 1. The van der Waals surface area contributed by atoms with Gasteiger partial charge in [0.25, 0.3) is 0 Å². The van der Waals surface area contributed by atoms with Gasteiger partial charge in [-0.05, 0) is 106 Å². The molecule has 2 atom stereocenters. The van der Waals surface area contributed by atoms with Gasteiger partial charge < -0.3 is 28.7 Å². The first-order valence-electron chi connectivity index (χ1n) is 22.3. The van der Waals surface area contributed by atoms with Gasteiger partial charge in [-0.3, -0.25) is 9.88 Å². The topological polar surface area (TPSA) is 102 Å². The van der Waals surface area contributed by atoms with Crippen molar-refractivity contribution < 1.29 is 28.1 Å². The van der Waals surface area contributed by atoms with Crippen LogP contribution in [0.3, 0.4) is 0 Å². The van der Waals surface area contributed by atoms with Gasteiger partial charge in [-0.25, -0.2) is 9.18 Å². The van der Waals surface area contributed by atoms with Crippen molar-refractivity contribution in [2.45, 2.75) is 134 Å². The molecule has 326 valence electrons. The first-order valence-corrected chi connectivity index (χ1v) is 24.5. The average Bonchev–Trinajstić information content (AvgIpc) is 4.00. The second kappa shape index (κ2) is 16.6. The number of ether oxygens (including phenoxy) is 4. The van der Waals surface area contributed by atoms with Crippen molar-refractivity contribution in [2.24, 2.45) is 0 Å². The molecule has 0 radical (unpaired) electrons. The van der Waals surface area contributed by atoms with E-state index in [1.165, 1.54) is 0 Å². The predicted molar refractivity (Wildman–Crippen MR) is 241 cm³/mol. The van der Waals surface area contributed by atoms with Gasteiger partial charge in [-0.15, -0.1) is 5.54 Å². The minimum Gasteiger partial charge on any atom is -0.468 e. The number of anilines is 1. The molecule has 13 heteroatoms. The zero-order chi connectivity index (χ0) is 43.4. The first kappa shape index (κ1) is 43.1. The predicted octanol–water partition coefficient (Wildman–Crippen LogP) is 9.74. The summed E-state index contributed by atoms with van der Waals surface area (Å²) in [5.41, 5.74) is 6.23. The first-order chi connectivity index (χ1) is 29.0. The van der Waals surface area contributed by atoms with E-state index in [0.717, 1.165) is 61.5 Å². The molecule has 0 unspecified atom stereocenters. The largest absolute Gasteiger partial charge is 0.468 e.